The second kappa shape index (κ2) is 9.49. The molecule has 2 atom stereocenters. The maximum Gasteiger partial charge on any atom is 0.0623 e. The van der Waals surface area contributed by atoms with Gasteiger partial charge in [0.15, 0.2) is 0 Å². The number of thioether (sulfide) groups is 1. The highest BCUT2D eigenvalue weighted by Gasteiger charge is 2.12. The average molecular weight is 233 g/mol. The van der Waals surface area contributed by atoms with E-state index in [4.69, 9.17) is 4.74 Å². The molecule has 0 amide bonds. The average Bonchev–Trinajstić information content (AvgIpc) is 2.21. The molecule has 0 heterocycles. The van der Waals surface area contributed by atoms with Crippen LogP contribution in [-0.4, -0.2) is 37.3 Å². The van der Waals surface area contributed by atoms with Crippen molar-refractivity contribution >= 4 is 11.8 Å². The zero-order valence-corrected chi connectivity index (χ0v) is 11.7. The lowest BCUT2D eigenvalue weighted by molar-refractivity contribution is 0.174. The fraction of sp³-hybridized carbons (Fsp3) is 1.00. The first kappa shape index (κ1) is 15.3. The summed E-state index contributed by atoms with van der Waals surface area (Å²) in [6.07, 6.45) is 1.19. The highest BCUT2D eigenvalue weighted by atomic mass is 32.2. The van der Waals surface area contributed by atoms with E-state index in [2.05, 4.69) is 33.0 Å². The Labute approximate surface area is 99.5 Å². The summed E-state index contributed by atoms with van der Waals surface area (Å²) in [4.78, 5) is 0. The zero-order chi connectivity index (χ0) is 11.7. The van der Waals surface area contributed by atoms with Gasteiger partial charge in [-0.1, -0.05) is 27.7 Å². The van der Waals surface area contributed by atoms with Gasteiger partial charge in [-0.25, -0.2) is 0 Å². The maximum atomic E-state index is 5.22. The largest absolute Gasteiger partial charge is 0.383 e. The summed E-state index contributed by atoms with van der Waals surface area (Å²) in [5, 5.41) is 4.25. The molecule has 92 valence electrons. The van der Waals surface area contributed by atoms with Gasteiger partial charge >= 0.3 is 0 Å². The van der Waals surface area contributed by atoms with Gasteiger partial charge in [-0.2, -0.15) is 11.8 Å². The van der Waals surface area contributed by atoms with Crippen LogP contribution in [0.15, 0.2) is 0 Å². The second-order valence-electron chi connectivity index (χ2n) is 4.39. The maximum absolute atomic E-state index is 5.22. The normalized spacial score (nSPS) is 15.6. The molecule has 0 fully saturated rings. The summed E-state index contributed by atoms with van der Waals surface area (Å²) >= 11 is 2.04. The Kier molecular flexibility index (Phi) is 9.66. The van der Waals surface area contributed by atoms with Gasteiger partial charge in [0.25, 0.3) is 0 Å². The van der Waals surface area contributed by atoms with Crippen molar-refractivity contribution in [1.29, 1.82) is 0 Å². The van der Waals surface area contributed by atoms with E-state index in [-0.39, 0.29) is 0 Å². The zero-order valence-electron chi connectivity index (χ0n) is 10.9. The first-order valence-corrected chi connectivity index (χ1v) is 7.00. The molecule has 2 nitrogen and oxygen atoms in total. The lowest BCUT2D eigenvalue weighted by Gasteiger charge is -2.21. The van der Waals surface area contributed by atoms with Crippen LogP contribution in [0.3, 0.4) is 0 Å². The number of hydrogen-bond donors (Lipinski definition) is 1. The third kappa shape index (κ3) is 8.12. The highest BCUT2D eigenvalue weighted by molar-refractivity contribution is 7.99. The Morgan fingerprint density at radius 2 is 1.93 bits per heavy atom. The molecule has 0 radical (unpaired) electrons. The minimum absolute atomic E-state index is 0.501. The molecule has 2 unspecified atom stereocenters. The molecule has 0 saturated heterocycles. The van der Waals surface area contributed by atoms with Crippen LogP contribution in [0, 0.1) is 5.92 Å². The van der Waals surface area contributed by atoms with E-state index in [9.17, 15) is 0 Å². The highest BCUT2D eigenvalue weighted by Crippen LogP contribution is 2.19. The Bertz CT molecular complexity index is 142. The number of rotatable bonds is 9. The van der Waals surface area contributed by atoms with Gasteiger partial charge in [-0.15, -0.1) is 0 Å². The van der Waals surface area contributed by atoms with Crippen molar-refractivity contribution in [2.75, 3.05) is 26.0 Å². The van der Waals surface area contributed by atoms with E-state index in [0.717, 1.165) is 30.1 Å². The van der Waals surface area contributed by atoms with Crippen molar-refractivity contribution in [3.8, 4) is 0 Å². The SMILES string of the molecule is CCCNC(COC)CSC(C)C(C)C. The molecule has 0 aliphatic rings. The first-order valence-electron chi connectivity index (χ1n) is 5.95. The van der Waals surface area contributed by atoms with Crippen LogP contribution < -0.4 is 5.32 Å². The Morgan fingerprint density at radius 1 is 1.27 bits per heavy atom. The molecule has 0 spiro atoms. The number of hydrogen-bond acceptors (Lipinski definition) is 3. The molecule has 0 aliphatic heterocycles. The van der Waals surface area contributed by atoms with Crippen LogP contribution in [0.25, 0.3) is 0 Å². The van der Waals surface area contributed by atoms with E-state index < -0.39 is 0 Å². The standard InChI is InChI=1S/C12H27NOS/c1-6-7-13-12(8-14-5)9-15-11(4)10(2)3/h10-13H,6-9H2,1-5H3. The summed E-state index contributed by atoms with van der Waals surface area (Å²) in [7, 11) is 1.77. The summed E-state index contributed by atoms with van der Waals surface area (Å²) in [6, 6.07) is 0.501. The van der Waals surface area contributed by atoms with Crippen molar-refractivity contribution < 1.29 is 4.74 Å². The molecule has 0 aromatic carbocycles. The van der Waals surface area contributed by atoms with E-state index in [0.29, 0.717) is 6.04 Å². The predicted octanol–water partition coefficient (Wildman–Crippen LogP) is 2.78. The molecule has 0 bridgehead atoms. The lowest BCUT2D eigenvalue weighted by Crippen LogP contribution is -2.36. The van der Waals surface area contributed by atoms with Gasteiger partial charge in [0, 0.05) is 24.2 Å². The van der Waals surface area contributed by atoms with Gasteiger partial charge in [0.1, 0.15) is 0 Å². The molecule has 1 N–H and O–H groups in total. The lowest BCUT2D eigenvalue weighted by atomic mass is 10.2. The quantitative estimate of drug-likeness (QED) is 0.662. The number of methoxy groups -OCH3 is 1. The van der Waals surface area contributed by atoms with E-state index in [1.54, 1.807) is 7.11 Å². The molecular formula is C12H27NOS. The van der Waals surface area contributed by atoms with E-state index in [1.165, 1.54) is 6.42 Å². The Morgan fingerprint density at radius 3 is 2.40 bits per heavy atom. The number of ether oxygens (including phenoxy) is 1. The molecule has 0 rings (SSSR count). The van der Waals surface area contributed by atoms with Crippen LogP contribution in [0.4, 0.5) is 0 Å². The monoisotopic (exact) mass is 233 g/mol. The fourth-order valence-electron chi connectivity index (χ4n) is 1.18. The van der Waals surface area contributed by atoms with Gasteiger partial charge < -0.3 is 10.1 Å². The van der Waals surface area contributed by atoms with E-state index >= 15 is 0 Å². The molecule has 0 aromatic heterocycles. The minimum atomic E-state index is 0.501. The summed E-state index contributed by atoms with van der Waals surface area (Å²) in [5.74, 6) is 1.90. The Hall–Kier alpha value is 0.270. The minimum Gasteiger partial charge on any atom is -0.383 e. The molecule has 0 aliphatic carbocycles. The number of nitrogens with one attached hydrogen (secondary N) is 1. The third-order valence-electron chi connectivity index (χ3n) is 2.55. The van der Waals surface area contributed by atoms with Crippen molar-refractivity contribution in [3.05, 3.63) is 0 Å². The van der Waals surface area contributed by atoms with Crippen molar-refractivity contribution in [1.82, 2.24) is 5.32 Å². The van der Waals surface area contributed by atoms with Crippen molar-refractivity contribution in [2.45, 2.75) is 45.4 Å². The smallest absolute Gasteiger partial charge is 0.0623 e. The summed E-state index contributed by atoms with van der Waals surface area (Å²) < 4.78 is 5.22. The van der Waals surface area contributed by atoms with Crippen LogP contribution in [0.2, 0.25) is 0 Å². The molecule has 15 heavy (non-hydrogen) atoms. The first-order chi connectivity index (χ1) is 7.11. The van der Waals surface area contributed by atoms with E-state index in [1.807, 2.05) is 11.8 Å². The topological polar surface area (TPSA) is 21.3 Å². The molecular weight excluding hydrogens is 206 g/mol. The summed E-state index contributed by atoms with van der Waals surface area (Å²) in [6.45, 7) is 11.0. The van der Waals surface area contributed by atoms with Gasteiger partial charge in [-0.05, 0) is 18.9 Å². The molecule has 3 heteroatoms. The van der Waals surface area contributed by atoms with Crippen LogP contribution in [0.5, 0.6) is 0 Å². The van der Waals surface area contributed by atoms with Gasteiger partial charge in [0.05, 0.1) is 6.61 Å². The van der Waals surface area contributed by atoms with Crippen molar-refractivity contribution in [2.24, 2.45) is 5.92 Å². The van der Waals surface area contributed by atoms with Gasteiger partial charge in [0.2, 0.25) is 0 Å². The molecule has 0 aromatic rings. The third-order valence-corrected chi connectivity index (χ3v) is 4.21. The Balaban J connectivity index is 3.73. The van der Waals surface area contributed by atoms with Crippen molar-refractivity contribution in [3.63, 3.8) is 0 Å². The second-order valence-corrected chi connectivity index (χ2v) is 5.80. The fourth-order valence-corrected chi connectivity index (χ4v) is 2.31. The van der Waals surface area contributed by atoms with Crippen LogP contribution in [-0.2, 0) is 4.74 Å². The summed E-state index contributed by atoms with van der Waals surface area (Å²) in [5.41, 5.74) is 0. The van der Waals surface area contributed by atoms with Gasteiger partial charge in [-0.3, -0.25) is 0 Å². The van der Waals surface area contributed by atoms with Crippen LogP contribution in [0.1, 0.15) is 34.1 Å². The predicted molar refractivity (Wildman–Crippen MR) is 70.7 cm³/mol. The van der Waals surface area contributed by atoms with Crippen LogP contribution >= 0.6 is 11.8 Å². The molecule has 0 saturated carbocycles.